The van der Waals surface area contributed by atoms with Crippen molar-refractivity contribution in [2.45, 2.75) is 0 Å². The second-order valence-corrected chi connectivity index (χ2v) is 6.43. The van der Waals surface area contributed by atoms with Crippen LogP contribution >= 0.6 is 23.2 Å². The molecule has 2 aromatic heterocycles. The van der Waals surface area contributed by atoms with Crippen molar-refractivity contribution in [2.24, 2.45) is 0 Å². The third-order valence-electron chi connectivity index (χ3n) is 3.67. The van der Waals surface area contributed by atoms with Gasteiger partial charge in [0.1, 0.15) is 5.82 Å². The van der Waals surface area contributed by atoms with Crippen LogP contribution in [0.2, 0.25) is 10.0 Å². The molecular weight excluding hydrogens is 369 g/mol. The Kier molecular flexibility index (Phi) is 4.56. The van der Waals surface area contributed by atoms with Gasteiger partial charge in [0.2, 0.25) is 5.95 Å². The Bertz CT molecular complexity index is 1060. The number of nitrogens with zero attached hydrogens (tertiary/aromatic N) is 3. The number of fused-ring (bicyclic) bond motifs is 1. The molecule has 0 radical (unpaired) electrons. The van der Waals surface area contributed by atoms with E-state index < -0.39 is 0 Å². The number of hydrogen-bond donors (Lipinski definition) is 2. The second-order valence-electron chi connectivity index (χ2n) is 5.55. The molecule has 7 heteroatoms. The smallest absolute Gasteiger partial charge is 0.229 e. The number of benzene rings is 2. The number of aromatic nitrogens is 3. The highest BCUT2D eigenvalue weighted by atomic mass is 35.5. The minimum atomic E-state index is 0.460. The van der Waals surface area contributed by atoms with Gasteiger partial charge in [-0.05, 0) is 36.4 Å². The normalized spacial score (nSPS) is 10.7. The number of pyridine rings is 1. The number of halogens is 2. The largest absolute Gasteiger partial charge is 0.340 e. The molecule has 4 rings (SSSR count). The monoisotopic (exact) mass is 381 g/mol. The Balaban J connectivity index is 1.61. The second kappa shape index (κ2) is 7.15. The predicted molar refractivity (Wildman–Crippen MR) is 107 cm³/mol. The van der Waals surface area contributed by atoms with Crippen molar-refractivity contribution in [3.8, 4) is 0 Å². The highest BCUT2D eigenvalue weighted by Gasteiger charge is 2.06. The zero-order valence-electron chi connectivity index (χ0n) is 13.4. The van der Waals surface area contributed by atoms with Crippen LogP contribution in [0.15, 0.2) is 67.0 Å². The molecule has 0 amide bonds. The predicted octanol–water partition coefficient (Wildman–Crippen LogP) is 5.82. The molecule has 0 spiro atoms. The summed E-state index contributed by atoms with van der Waals surface area (Å²) in [6.45, 7) is 0. The summed E-state index contributed by atoms with van der Waals surface area (Å²) >= 11 is 12.1. The first-order valence-electron chi connectivity index (χ1n) is 7.84. The molecule has 0 saturated heterocycles. The Hall–Kier alpha value is -2.89. The summed E-state index contributed by atoms with van der Waals surface area (Å²) in [4.78, 5) is 13.2. The zero-order valence-corrected chi connectivity index (χ0v) is 15.0. The molecule has 5 nitrogen and oxygen atoms in total. The van der Waals surface area contributed by atoms with Crippen LogP contribution in [-0.4, -0.2) is 15.0 Å². The van der Waals surface area contributed by atoms with Crippen molar-refractivity contribution in [3.63, 3.8) is 0 Å². The Labute approximate surface area is 160 Å². The van der Waals surface area contributed by atoms with Gasteiger partial charge in [0, 0.05) is 33.5 Å². The van der Waals surface area contributed by atoms with Crippen LogP contribution in [0.25, 0.3) is 10.9 Å². The zero-order chi connectivity index (χ0) is 17.9. The summed E-state index contributed by atoms with van der Waals surface area (Å²) in [6, 6.07) is 16.8. The maximum absolute atomic E-state index is 6.03. The van der Waals surface area contributed by atoms with Gasteiger partial charge in [0.05, 0.1) is 11.2 Å². The molecule has 4 aromatic rings. The average Bonchev–Trinajstić information content (AvgIpc) is 2.61. The fraction of sp³-hybridized carbons (Fsp3) is 0. The van der Waals surface area contributed by atoms with Crippen LogP contribution in [0, 0.1) is 0 Å². The van der Waals surface area contributed by atoms with E-state index in [1.54, 1.807) is 36.7 Å². The third-order valence-corrected chi connectivity index (χ3v) is 4.11. The molecule has 2 heterocycles. The van der Waals surface area contributed by atoms with E-state index in [0.29, 0.717) is 21.8 Å². The summed E-state index contributed by atoms with van der Waals surface area (Å²) in [5, 5.41) is 8.53. The third kappa shape index (κ3) is 3.69. The SMILES string of the molecule is Clc1cc(Cl)cc(Nc2ccnc(Nc3cccc4cccnc34)n2)c1. The van der Waals surface area contributed by atoms with Gasteiger partial charge in [0.15, 0.2) is 0 Å². The Morgan fingerprint density at radius 1 is 0.769 bits per heavy atom. The number of rotatable bonds is 4. The highest BCUT2D eigenvalue weighted by molar-refractivity contribution is 6.35. The molecular formula is C19H13Cl2N5. The van der Waals surface area contributed by atoms with Gasteiger partial charge in [-0.1, -0.05) is 41.4 Å². The van der Waals surface area contributed by atoms with E-state index in [1.807, 2.05) is 30.3 Å². The van der Waals surface area contributed by atoms with E-state index in [0.717, 1.165) is 22.3 Å². The van der Waals surface area contributed by atoms with Crippen LogP contribution < -0.4 is 10.6 Å². The van der Waals surface area contributed by atoms with Crippen molar-refractivity contribution in [3.05, 3.63) is 77.0 Å². The lowest BCUT2D eigenvalue weighted by Crippen LogP contribution is -2.01. The summed E-state index contributed by atoms with van der Waals surface area (Å²) in [6.07, 6.45) is 3.43. The molecule has 0 saturated carbocycles. The summed E-state index contributed by atoms with van der Waals surface area (Å²) in [5.41, 5.74) is 2.45. The first-order valence-corrected chi connectivity index (χ1v) is 8.60. The van der Waals surface area contributed by atoms with Crippen LogP contribution in [-0.2, 0) is 0 Å². The molecule has 0 aliphatic rings. The lowest BCUT2D eigenvalue weighted by atomic mass is 10.2. The van der Waals surface area contributed by atoms with Crippen LogP contribution in [0.3, 0.4) is 0 Å². The lowest BCUT2D eigenvalue weighted by molar-refractivity contribution is 1.17. The van der Waals surface area contributed by atoms with Gasteiger partial charge < -0.3 is 10.6 Å². The average molecular weight is 382 g/mol. The van der Waals surface area contributed by atoms with E-state index in [1.165, 1.54) is 0 Å². The minimum absolute atomic E-state index is 0.460. The van der Waals surface area contributed by atoms with Gasteiger partial charge in [-0.3, -0.25) is 4.98 Å². The Morgan fingerprint density at radius 3 is 2.42 bits per heavy atom. The maximum Gasteiger partial charge on any atom is 0.229 e. The number of nitrogens with one attached hydrogen (secondary N) is 2. The number of hydrogen-bond acceptors (Lipinski definition) is 5. The summed E-state index contributed by atoms with van der Waals surface area (Å²) in [7, 11) is 0. The van der Waals surface area contributed by atoms with E-state index in [9.17, 15) is 0 Å². The quantitative estimate of drug-likeness (QED) is 0.466. The Morgan fingerprint density at radius 2 is 1.58 bits per heavy atom. The molecule has 0 atom stereocenters. The highest BCUT2D eigenvalue weighted by Crippen LogP contribution is 2.26. The molecule has 0 unspecified atom stereocenters. The number of anilines is 4. The molecule has 2 N–H and O–H groups in total. The van der Waals surface area contributed by atoms with Crippen molar-refractivity contribution >= 4 is 57.2 Å². The van der Waals surface area contributed by atoms with E-state index in [2.05, 4.69) is 25.6 Å². The number of para-hydroxylation sites is 1. The minimum Gasteiger partial charge on any atom is -0.340 e. The van der Waals surface area contributed by atoms with E-state index in [4.69, 9.17) is 23.2 Å². The van der Waals surface area contributed by atoms with Gasteiger partial charge in [-0.25, -0.2) is 4.98 Å². The fourth-order valence-corrected chi connectivity index (χ4v) is 3.11. The molecule has 128 valence electrons. The van der Waals surface area contributed by atoms with Crippen LogP contribution in [0.1, 0.15) is 0 Å². The molecule has 0 aliphatic heterocycles. The molecule has 26 heavy (non-hydrogen) atoms. The summed E-state index contributed by atoms with van der Waals surface area (Å²) < 4.78 is 0. The van der Waals surface area contributed by atoms with Gasteiger partial charge >= 0.3 is 0 Å². The first kappa shape index (κ1) is 16.6. The molecule has 0 fully saturated rings. The van der Waals surface area contributed by atoms with Crippen molar-refractivity contribution in [2.75, 3.05) is 10.6 Å². The molecule has 2 aromatic carbocycles. The topological polar surface area (TPSA) is 62.7 Å². The molecule has 0 aliphatic carbocycles. The van der Waals surface area contributed by atoms with Gasteiger partial charge in [0.25, 0.3) is 0 Å². The van der Waals surface area contributed by atoms with Crippen molar-refractivity contribution in [1.82, 2.24) is 15.0 Å². The van der Waals surface area contributed by atoms with Crippen molar-refractivity contribution < 1.29 is 0 Å². The van der Waals surface area contributed by atoms with Gasteiger partial charge in [-0.15, -0.1) is 0 Å². The van der Waals surface area contributed by atoms with E-state index >= 15 is 0 Å². The van der Waals surface area contributed by atoms with Crippen molar-refractivity contribution in [1.29, 1.82) is 0 Å². The standard InChI is InChI=1S/C19H13Cl2N5/c20-13-9-14(21)11-15(10-13)24-17-6-8-23-19(26-17)25-16-5-1-3-12-4-2-7-22-18(12)16/h1-11H,(H2,23,24,25,26). The van der Waals surface area contributed by atoms with Crippen LogP contribution in [0.5, 0.6) is 0 Å². The van der Waals surface area contributed by atoms with Gasteiger partial charge in [-0.2, -0.15) is 4.98 Å². The molecule has 0 bridgehead atoms. The summed E-state index contributed by atoms with van der Waals surface area (Å²) in [5.74, 6) is 1.08. The first-order chi connectivity index (χ1) is 12.7. The fourth-order valence-electron chi connectivity index (χ4n) is 2.59. The van der Waals surface area contributed by atoms with E-state index in [-0.39, 0.29) is 0 Å². The van der Waals surface area contributed by atoms with Crippen LogP contribution in [0.4, 0.5) is 23.1 Å². The maximum atomic E-state index is 6.03. The lowest BCUT2D eigenvalue weighted by Gasteiger charge is -2.10.